The van der Waals surface area contributed by atoms with Gasteiger partial charge in [-0.2, -0.15) is 0 Å². The van der Waals surface area contributed by atoms with Crippen molar-refractivity contribution >= 4 is 23.5 Å². The highest BCUT2D eigenvalue weighted by Gasteiger charge is 2.55. The van der Waals surface area contributed by atoms with Crippen molar-refractivity contribution in [3.8, 4) is 0 Å². The minimum Gasteiger partial charge on any atom is -0.273 e. The molecule has 1 N–H and O–H groups in total. The fourth-order valence-corrected chi connectivity index (χ4v) is 7.79. The second-order valence-electron chi connectivity index (χ2n) is 7.42. The summed E-state index contributed by atoms with van der Waals surface area (Å²) in [6, 6.07) is 39.4. The Labute approximate surface area is 179 Å². The van der Waals surface area contributed by atoms with E-state index in [2.05, 4.69) is 115 Å². The molecule has 0 amide bonds. The number of hydrogen-bond acceptors (Lipinski definition) is 3. The number of fused-ring (bicyclic) bond motifs is 6. The zero-order valence-electron chi connectivity index (χ0n) is 15.7. The molecule has 2 atom stereocenters. The van der Waals surface area contributed by atoms with Crippen LogP contribution in [-0.4, -0.2) is 0 Å². The first-order valence-corrected chi connectivity index (χ1v) is 11.4. The monoisotopic (exact) mass is 409 g/mol. The number of hydrogen-bond donors (Lipinski definition) is 1. The Morgan fingerprint density at radius 1 is 0.448 bits per heavy atom. The van der Waals surface area contributed by atoms with Gasteiger partial charge >= 0.3 is 0 Å². The maximum atomic E-state index is 4.15. The quantitative estimate of drug-likeness (QED) is 0.401. The lowest BCUT2D eigenvalue weighted by molar-refractivity contribution is 0.432. The summed E-state index contributed by atoms with van der Waals surface area (Å²) in [5.74, 6) is 0. The number of nitrogens with one attached hydrogen (secondary N) is 1. The molecule has 4 aromatic rings. The van der Waals surface area contributed by atoms with Gasteiger partial charge in [-0.1, -0.05) is 121 Å². The van der Waals surface area contributed by atoms with Gasteiger partial charge < -0.3 is 0 Å². The Morgan fingerprint density at radius 2 is 0.828 bits per heavy atom. The molecular formula is C26H19NS2. The van der Waals surface area contributed by atoms with E-state index in [1.54, 1.807) is 0 Å². The number of thioether (sulfide) groups is 2. The number of benzene rings is 4. The molecule has 1 unspecified atom stereocenters. The van der Waals surface area contributed by atoms with Crippen LogP contribution in [-0.2, 0) is 9.74 Å². The van der Waals surface area contributed by atoms with Crippen LogP contribution in [0.4, 0.5) is 0 Å². The normalized spacial score (nSPS) is 24.4. The Kier molecular flexibility index (Phi) is 3.92. The highest BCUT2D eigenvalue weighted by molar-refractivity contribution is 8.02. The van der Waals surface area contributed by atoms with Gasteiger partial charge in [0.1, 0.15) is 9.74 Å². The van der Waals surface area contributed by atoms with E-state index in [9.17, 15) is 0 Å². The standard InChI is InChI=1S/C26H19NS2/c1-3-11-19(12-4-1)25-21-15-7-9-17-23(21)29-26(27-25,20-13-5-2-6-14-20)22-16-8-10-18-24(22)28-25/h1-18,27H/t25-,26?/m1/s1. The molecule has 3 heteroatoms. The largest absolute Gasteiger partial charge is 0.273 e. The molecule has 4 aromatic carbocycles. The summed E-state index contributed by atoms with van der Waals surface area (Å²) < 4.78 is 0. The average molecular weight is 410 g/mol. The summed E-state index contributed by atoms with van der Waals surface area (Å²) >= 11 is 3.85. The number of rotatable bonds is 2. The molecule has 2 bridgehead atoms. The molecule has 2 heterocycles. The van der Waals surface area contributed by atoms with Gasteiger partial charge in [0.25, 0.3) is 0 Å². The van der Waals surface area contributed by atoms with Crippen LogP contribution in [0.15, 0.2) is 119 Å². The average Bonchev–Trinajstić information content (AvgIpc) is 2.80. The fourth-order valence-electron chi connectivity index (χ4n) is 4.49. The fraction of sp³-hybridized carbons (Fsp3) is 0.0769. The lowest BCUT2D eigenvalue weighted by Crippen LogP contribution is -2.57. The Balaban J connectivity index is 1.72. The van der Waals surface area contributed by atoms with Crippen LogP contribution < -0.4 is 5.32 Å². The first kappa shape index (κ1) is 17.4. The molecule has 0 saturated heterocycles. The van der Waals surface area contributed by atoms with Crippen LogP contribution >= 0.6 is 23.5 Å². The third-order valence-electron chi connectivity index (χ3n) is 5.77. The molecule has 0 fully saturated rings. The first-order chi connectivity index (χ1) is 14.3. The lowest BCUT2D eigenvalue weighted by Gasteiger charge is -2.54. The second kappa shape index (κ2) is 6.53. The van der Waals surface area contributed by atoms with E-state index in [0.717, 1.165) is 0 Å². The van der Waals surface area contributed by atoms with Crippen molar-refractivity contribution in [3.05, 3.63) is 131 Å². The highest BCUT2D eigenvalue weighted by Crippen LogP contribution is 2.63. The van der Waals surface area contributed by atoms with Gasteiger partial charge in [-0.15, -0.1) is 0 Å². The smallest absolute Gasteiger partial charge is 0.123 e. The lowest BCUT2D eigenvalue weighted by atomic mass is 9.90. The molecule has 0 aromatic heterocycles. The van der Waals surface area contributed by atoms with Crippen molar-refractivity contribution in [1.29, 1.82) is 0 Å². The summed E-state index contributed by atoms with van der Waals surface area (Å²) in [6.45, 7) is 0. The van der Waals surface area contributed by atoms with Crippen molar-refractivity contribution in [2.75, 3.05) is 0 Å². The van der Waals surface area contributed by atoms with Crippen molar-refractivity contribution in [3.63, 3.8) is 0 Å². The van der Waals surface area contributed by atoms with E-state index >= 15 is 0 Å². The third-order valence-corrected chi connectivity index (χ3v) is 8.65. The first-order valence-electron chi connectivity index (χ1n) is 9.79. The van der Waals surface area contributed by atoms with Crippen LogP contribution in [0.1, 0.15) is 22.3 Å². The summed E-state index contributed by atoms with van der Waals surface area (Å²) in [5.41, 5.74) is 5.24. The second-order valence-corrected chi connectivity index (χ2v) is 9.93. The predicted octanol–water partition coefficient (Wildman–Crippen LogP) is 6.59. The van der Waals surface area contributed by atoms with Crippen LogP contribution in [0, 0.1) is 0 Å². The molecule has 2 aliphatic heterocycles. The van der Waals surface area contributed by atoms with E-state index in [-0.39, 0.29) is 9.74 Å². The summed E-state index contributed by atoms with van der Waals surface area (Å²) in [4.78, 5) is 1.99. The van der Waals surface area contributed by atoms with Crippen molar-refractivity contribution < 1.29 is 0 Å². The third kappa shape index (κ3) is 2.48. The van der Waals surface area contributed by atoms with Gasteiger partial charge in [-0.05, 0) is 23.3 Å². The summed E-state index contributed by atoms with van der Waals surface area (Å²) in [6.07, 6.45) is 0. The van der Waals surface area contributed by atoms with Crippen molar-refractivity contribution in [2.45, 2.75) is 19.5 Å². The molecule has 6 rings (SSSR count). The predicted molar refractivity (Wildman–Crippen MR) is 122 cm³/mol. The SMILES string of the molecule is c1ccc(C23N[C@](c4ccccc4)(Sc4ccccc42)c2ccccc2S3)cc1. The van der Waals surface area contributed by atoms with E-state index in [1.165, 1.54) is 32.0 Å². The molecule has 0 saturated carbocycles. The Hall–Kier alpha value is -2.46. The molecule has 0 spiro atoms. The minimum atomic E-state index is -0.340. The highest BCUT2D eigenvalue weighted by atomic mass is 32.2. The van der Waals surface area contributed by atoms with Gasteiger partial charge in [0.05, 0.1) is 0 Å². The molecule has 0 aliphatic carbocycles. The molecule has 2 aliphatic rings. The maximum Gasteiger partial charge on any atom is 0.123 e. The van der Waals surface area contributed by atoms with Crippen LogP contribution in [0.25, 0.3) is 0 Å². The zero-order valence-corrected chi connectivity index (χ0v) is 17.3. The Bertz CT molecular complexity index is 1100. The van der Waals surface area contributed by atoms with Crippen LogP contribution in [0.5, 0.6) is 0 Å². The van der Waals surface area contributed by atoms with E-state index in [4.69, 9.17) is 0 Å². The van der Waals surface area contributed by atoms with Crippen molar-refractivity contribution in [2.24, 2.45) is 0 Å². The summed E-state index contributed by atoms with van der Waals surface area (Å²) in [5, 5.41) is 4.15. The van der Waals surface area contributed by atoms with Gasteiger partial charge in [-0.25, -0.2) is 0 Å². The van der Waals surface area contributed by atoms with Gasteiger partial charge in [0, 0.05) is 20.9 Å². The Morgan fingerprint density at radius 3 is 1.28 bits per heavy atom. The van der Waals surface area contributed by atoms with Crippen molar-refractivity contribution in [1.82, 2.24) is 5.32 Å². The van der Waals surface area contributed by atoms with Crippen LogP contribution in [0.2, 0.25) is 0 Å². The molecule has 140 valence electrons. The molecule has 29 heavy (non-hydrogen) atoms. The maximum absolute atomic E-state index is 4.15. The van der Waals surface area contributed by atoms with Crippen LogP contribution in [0.3, 0.4) is 0 Å². The van der Waals surface area contributed by atoms with E-state index in [0.29, 0.717) is 0 Å². The molecule has 0 radical (unpaired) electrons. The minimum absolute atomic E-state index is 0.340. The zero-order chi connectivity index (χ0) is 19.3. The van der Waals surface area contributed by atoms with Gasteiger partial charge in [0.15, 0.2) is 0 Å². The van der Waals surface area contributed by atoms with Gasteiger partial charge in [-0.3, -0.25) is 5.32 Å². The summed E-state index contributed by atoms with van der Waals surface area (Å²) in [7, 11) is 0. The molecular weight excluding hydrogens is 390 g/mol. The van der Waals surface area contributed by atoms with Gasteiger partial charge in [0.2, 0.25) is 0 Å². The molecule has 1 nitrogen and oxygen atoms in total. The topological polar surface area (TPSA) is 12.0 Å². The van der Waals surface area contributed by atoms with E-state index in [1.807, 2.05) is 23.5 Å². The van der Waals surface area contributed by atoms with E-state index < -0.39 is 0 Å².